The van der Waals surface area contributed by atoms with Gasteiger partial charge in [-0.25, -0.2) is 4.98 Å². The van der Waals surface area contributed by atoms with Gasteiger partial charge in [-0.15, -0.1) is 0 Å². The summed E-state index contributed by atoms with van der Waals surface area (Å²) in [7, 11) is 0. The normalized spacial score (nSPS) is 10.9. The van der Waals surface area contributed by atoms with Crippen LogP contribution >= 0.6 is 11.6 Å². The van der Waals surface area contributed by atoms with E-state index >= 15 is 0 Å². The van der Waals surface area contributed by atoms with Gasteiger partial charge in [-0.1, -0.05) is 11.6 Å². The van der Waals surface area contributed by atoms with Crippen molar-refractivity contribution in [3.8, 4) is 0 Å². The summed E-state index contributed by atoms with van der Waals surface area (Å²) in [5.74, 6) is 0. The number of rotatable bonds is 3. The van der Waals surface area contributed by atoms with Crippen LogP contribution in [0.15, 0.2) is 12.5 Å². The molecular weight excluding hydrogens is 194 g/mol. The molecule has 6 heteroatoms. The van der Waals surface area contributed by atoms with E-state index in [2.05, 4.69) is 4.98 Å². The van der Waals surface area contributed by atoms with E-state index in [1.54, 1.807) is 10.9 Å². The molecule has 0 saturated carbocycles. The highest BCUT2D eigenvalue weighted by atomic mass is 35.5. The van der Waals surface area contributed by atoms with Crippen molar-refractivity contribution in [1.29, 1.82) is 0 Å². The molecule has 0 spiro atoms. The number of nitro groups is 1. The second-order valence-corrected chi connectivity index (χ2v) is 2.67. The number of hydrogen-bond acceptors (Lipinski definition) is 3. The van der Waals surface area contributed by atoms with Crippen molar-refractivity contribution in [3.05, 3.63) is 33.5 Å². The van der Waals surface area contributed by atoms with Crippen molar-refractivity contribution < 1.29 is 4.92 Å². The largest absolute Gasteiger partial charge is 0.330 e. The highest BCUT2D eigenvalue weighted by molar-refractivity contribution is 6.30. The average molecular weight is 202 g/mol. The fourth-order valence-electron chi connectivity index (χ4n) is 0.915. The van der Waals surface area contributed by atoms with Crippen LogP contribution < -0.4 is 0 Å². The van der Waals surface area contributed by atoms with Gasteiger partial charge in [-0.05, 0) is 6.92 Å². The molecule has 1 heterocycles. The van der Waals surface area contributed by atoms with E-state index in [9.17, 15) is 10.1 Å². The Hall–Kier alpha value is -1.36. The van der Waals surface area contributed by atoms with Gasteiger partial charge in [0, 0.05) is 12.6 Å². The molecule has 0 amide bonds. The average Bonchev–Trinajstić information content (AvgIpc) is 2.43. The Kier molecular flexibility index (Phi) is 3.02. The Bertz CT molecular complexity index is 346. The van der Waals surface area contributed by atoms with Crippen LogP contribution in [0, 0.1) is 10.1 Å². The first-order valence-electron chi connectivity index (χ1n) is 3.67. The van der Waals surface area contributed by atoms with Crippen molar-refractivity contribution >= 4 is 17.7 Å². The van der Waals surface area contributed by atoms with E-state index < -0.39 is 4.92 Å². The summed E-state index contributed by atoms with van der Waals surface area (Å²) in [5.41, 5.74) is 0.556. The summed E-state index contributed by atoms with van der Waals surface area (Å²) in [5, 5.41) is 10.3. The Morgan fingerprint density at radius 1 is 1.85 bits per heavy atom. The predicted octanol–water partition coefficient (Wildman–Crippen LogP) is 1.80. The molecule has 1 rings (SSSR count). The zero-order chi connectivity index (χ0) is 9.84. The molecule has 0 aliphatic heterocycles. The van der Waals surface area contributed by atoms with E-state index in [1.807, 2.05) is 6.92 Å². The van der Waals surface area contributed by atoms with E-state index in [0.717, 1.165) is 6.20 Å². The molecule has 0 N–H and O–H groups in total. The van der Waals surface area contributed by atoms with Crippen LogP contribution in [0.4, 0.5) is 0 Å². The third-order valence-corrected chi connectivity index (χ3v) is 1.82. The van der Waals surface area contributed by atoms with E-state index in [-0.39, 0.29) is 5.15 Å². The van der Waals surface area contributed by atoms with Gasteiger partial charge >= 0.3 is 0 Å². The van der Waals surface area contributed by atoms with Crippen molar-refractivity contribution in [2.24, 2.45) is 0 Å². The summed E-state index contributed by atoms with van der Waals surface area (Å²) in [6.45, 7) is 2.58. The summed E-state index contributed by atoms with van der Waals surface area (Å²) < 4.78 is 1.72. The molecule has 1 aromatic rings. The van der Waals surface area contributed by atoms with Crippen LogP contribution in [0.2, 0.25) is 5.15 Å². The molecule has 0 fully saturated rings. The lowest BCUT2D eigenvalue weighted by Crippen LogP contribution is -1.95. The minimum absolute atomic E-state index is 0.278. The first kappa shape index (κ1) is 9.73. The molecule has 5 nitrogen and oxygen atoms in total. The van der Waals surface area contributed by atoms with Gasteiger partial charge in [-0.3, -0.25) is 10.1 Å². The molecule has 0 saturated heterocycles. The maximum atomic E-state index is 10.1. The molecular formula is C7H8ClN3O2. The molecule has 0 bridgehead atoms. The summed E-state index contributed by atoms with van der Waals surface area (Å²) in [6.07, 6.45) is 3.72. The summed E-state index contributed by atoms with van der Waals surface area (Å²) in [4.78, 5) is 13.3. The topological polar surface area (TPSA) is 61.0 Å². The second-order valence-electron chi connectivity index (χ2n) is 2.31. The predicted molar refractivity (Wildman–Crippen MR) is 48.9 cm³/mol. The Morgan fingerprint density at radius 3 is 3.08 bits per heavy atom. The van der Waals surface area contributed by atoms with Crippen LogP contribution in [-0.4, -0.2) is 14.5 Å². The van der Waals surface area contributed by atoms with Crippen molar-refractivity contribution in [2.45, 2.75) is 13.5 Å². The van der Waals surface area contributed by atoms with E-state index in [1.165, 1.54) is 6.08 Å². The Morgan fingerprint density at radius 2 is 2.54 bits per heavy atom. The van der Waals surface area contributed by atoms with Gasteiger partial charge in [0.1, 0.15) is 0 Å². The number of aryl methyl sites for hydroxylation is 1. The Labute approximate surface area is 79.8 Å². The van der Waals surface area contributed by atoms with Crippen LogP contribution in [-0.2, 0) is 6.54 Å². The van der Waals surface area contributed by atoms with Gasteiger partial charge in [0.25, 0.3) is 0 Å². The smallest absolute Gasteiger partial charge is 0.236 e. The van der Waals surface area contributed by atoms with E-state index in [4.69, 9.17) is 11.6 Å². The lowest BCUT2D eigenvalue weighted by Gasteiger charge is -1.97. The van der Waals surface area contributed by atoms with Gasteiger partial charge in [0.05, 0.1) is 16.9 Å². The fraction of sp³-hybridized carbons (Fsp3) is 0.286. The molecule has 0 aliphatic carbocycles. The molecule has 1 aromatic heterocycles. The van der Waals surface area contributed by atoms with Gasteiger partial charge in [0.15, 0.2) is 5.15 Å². The van der Waals surface area contributed by atoms with Crippen LogP contribution in [0.3, 0.4) is 0 Å². The van der Waals surface area contributed by atoms with Crippen LogP contribution in [0.1, 0.15) is 12.6 Å². The minimum Gasteiger partial charge on any atom is -0.330 e. The van der Waals surface area contributed by atoms with Crippen molar-refractivity contribution in [2.75, 3.05) is 0 Å². The minimum atomic E-state index is -0.538. The van der Waals surface area contributed by atoms with Gasteiger partial charge < -0.3 is 4.57 Å². The zero-order valence-corrected chi connectivity index (χ0v) is 7.73. The van der Waals surface area contributed by atoms with Gasteiger partial charge in [-0.2, -0.15) is 0 Å². The summed E-state index contributed by atoms with van der Waals surface area (Å²) >= 11 is 5.70. The molecule has 0 unspecified atom stereocenters. The first-order chi connectivity index (χ1) is 6.15. The third kappa shape index (κ3) is 2.29. The lowest BCUT2D eigenvalue weighted by atomic mass is 10.4. The number of nitrogens with zero attached hydrogens (tertiary/aromatic N) is 3. The second kappa shape index (κ2) is 4.04. The fourth-order valence-corrected chi connectivity index (χ4v) is 1.13. The maximum Gasteiger partial charge on any atom is 0.236 e. The molecule has 0 aliphatic rings. The highest BCUT2D eigenvalue weighted by Gasteiger charge is 2.04. The number of halogens is 1. The molecule has 0 atom stereocenters. The first-order valence-corrected chi connectivity index (χ1v) is 4.05. The van der Waals surface area contributed by atoms with E-state index in [0.29, 0.717) is 12.2 Å². The number of hydrogen-bond donors (Lipinski definition) is 0. The van der Waals surface area contributed by atoms with Crippen molar-refractivity contribution in [3.63, 3.8) is 0 Å². The lowest BCUT2D eigenvalue weighted by molar-refractivity contribution is -0.401. The highest BCUT2D eigenvalue weighted by Crippen LogP contribution is 2.15. The van der Waals surface area contributed by atoms with Gasteiger partial charge in [0.2, 0.25) is 6.20 Å². The van der Waals surface area contributed by atoms with Crippen LogP contribution in [0.25, 0.3) is 6.08 Å². The molecule has 0 radical (unpaired) electrons. The number of imidazole rings is 1. The third-order valence-electron chi connectivity index (χ3n) is 1.53. The van der Waals surface area contributed by atoms with Crippen molar-refractivity contribution in [1.82, 2.24) is 9.55 Å². The Balaban J connectivity index is 2.98. The quantitative estimate of drug-likeness (QED) is 0.554. The zero-order valence-electron chi connectivity index (χ0n) is 6.98. The summed E-state index contributed by atoms with van der Waals surface area (Å²) in [6, 6.07) is 0. The number of aromatic nitrogens is 2. The molecule has 70 valence electrons. The van der Waals surface area contributed by atoms with Crippen LogP contribution in [0.5, 0.6) is 0 Å². The monoisotopic (exact) mass is 201 g/mol. The molecule has 13 heavy (non-hydrogen) atoms. The SMILES string of the molecule is CCn1cnc(Cl)c1/C=C/[N+](=O)[O-]. The maximum absolute atomic E-state index is 10.1. The molecule has 0 aromatic carbocycles. The standard InChI is InChI=1S/C7H8ClN3O2/c1-2-10-5-9-7(8)6(10)3-4-11(12)13/h3-5H,2H2,1H3/b4-3+.